The van der Waals surface area contributed by atoms with Crippen molar-refractivity contribution in [2.75, 3.05) is 11.9 Å². The highest BCUT2D eigenvalue weighted by Gasteiger charge is 2.67. The van der Waals surface area contributed by atoms with Crippen molar-refractivity contribution in [3.63, 3.8) is 0 Å². The molecule has 4 aliphatic rings. The van der Waals surface area contributed by atoms with E-state index in [2.05, 4.69) is 21.2 Å². The van der Waals surface area contributed by atoms with Crippen molar-refractivity contribution >= 4 is 39.3 Å². The third kappa shape index (κ3) is 3.19. The molecule has 2 bridgehead atoms. The Bertz CT molecular complexity index is 1570. The van der Waals surface area contributed by atoms with E-state index in [4.69, 9.17) is 0 Å². The summed E-state index contributed by atoms with van der Waals surface area (Å²) in [4.78, 5) is 41.8. The lowest BCUT2D eigenvalue weighted by molar-refractivity contribution is -0.142. The quantitative estimate of drug-likeness (QED) is 0.256. The van der Waals surface area contributed by atoms with E-state index in [-0.39, 0.29) is 24.3 Å². The van der Waals surface area contributed by atoms with Crippen molar-refractivity contribution in [3.8, 4) is 11.1 Å². The lowest BCUT2D eigenvalue weighted by Crippen LogP contribution is -2.50. The average molecular weight is 563 g/mol. The molecule has 3 aliphatic carbocycles. The SMILES string of the molecule is O=C(CN1C(=O)[C@@H]2C3c4ccccc4C(Br)(c4ccccc43)[C@@H]2C1=O)Nc1ccc(-c2ccccc2)cc1. The summed E-state index contributed by atoms with van der Waals surface area (Å²) in [6.45, 7) is -0.312. The van der Waals surface area contributed by atoms with Crippen molar-refractivity contribution in [2.45, 2.75) is 10.2 Å². The molecule has 186 valence electrons. The number of carbonyl (C=O) groups excluding carboxylic acids is 3. The summed E-state index contributed by atoms with van der Waals surface area (Å²) in [5.74, 6) is -2.37. The van der Waals surface area contributed by atoms with Crippen LogP contribution in [0.15, 0.2) is 103 Å². The zero-order valence-electron chi connectivity index (χ0n) is 20.3. The number of benzene rings is 4. The number of nitrogens with zero attached hydrogens (tertiary/aromatic N) is 1. The molecular formula is C32H23BrN2O3. The molecule has 5 nitrogen and oxygen atoms in total. The minimum Gasteiger partial charge on any atom is -0.325 e. The molecular weight excluding hydrogens is 540 g/mol. The molecule has 1 aliphatic heterocycles. The van der Waals surface area contributed by atoms with E-state index in [1.165, 1.54) is 0 Å². The van der Waals surface area contributed by atoms with Crippen molar-refractivity contribution < 1.29 is 14.4 Å². The molecule has 38 heavy (non-hydrogen) atoms. The standard InChI is InChI=1S/C32H23BrN2O3/c33-32-24-12-6-4-10-22(24)27(23-11-5-7-13-25(23)32)28-29(32)31(38)35(30(28)37)18-26(36)34-21-16-14-20(15-17-21)19-8-2-1-3-9-19/h1-17,27-29H,18H2,(H,34,36)/t27?,28-,29+,32?/m1/s1. The number of halogens is 1. The number of nitrogens with one attached hydrogen (secondary N) is 1. The van der Waals surface area contributed by atoms with Crippen LogP contribution in [0.3, 0.4) is 0 Å². The fraction of sp³-hybridized carbons (Fsp3) is 0.156. The van der Waals surface area contributed by atoms with Gasteiger partial charge in [0.25, 0.3) is 0 Å². The van der Waals surface area contributed by atoms with Crippen LogP contribution in [-0.2, 0) is 18.7 Å². The highest BCUT2D eigenvalue weighted by Crippen LogP contribution is 2.66. The van der Waals surface area contributed by atoms with Crippen LogP contribution in [0.25, 0.3) is 11.1 Å². The Morgan fingerprint density at radius 2 is 1.29 bits per heavy atom. The van der Waals surface area contributed by atoms with Gasteiger partial charge in [0.05, 0.1) is 16.2 Å². The molecule has 3 amide bonds. The van der Waals surface area contributed by atoms with E-state index in [9.17, 15) is 14.4 Å². The molecule has 1 N–H and O–H groups in total. The van der Waals surface area contributed by atoms with Crippen LogP contribution in [0.4, 0.5) is 5.69 Å². The second kappa shape index (κ2) is 8.50. The van der Waals surface area contributed by atoms with Crippen molar-refractivity contribution in [3.05, 3.63) is 125 Å². The van der Waals surface area contributed by atoms with Gasteiger partial charge in [0, 0.05) is 11.6 Å². The molecule has 0 radical (unpaired) electrons. The summed E-state index contributed by atoms with van der Waals surface area (Å²) >= 11 is 3.98. The van der Waals surface area contributed by atoms with Crippen molar-refractivity contribution in [1.82, 2.24) is 4.90 Å². The van der Waals surface area contributed by atoms with Crippen LogP contribution < -0.4 is 5.32 Å². The zero-order chi connectivity index (χ0) is 26.0. The molecule has 4 aromatic carbocycles. The van der Waals surface area contributed by atoms with Gasteiger partial charge in [0.1, 0.15) is 6.54 Å². The number of imide groups is 1. The molecule has 0 aromatic heterocycles. The number of hydrogen-bond acceptors (Lipinski definition) is 3. The molecule has 0 spiro atoms. The topological polar surface area (TPSA) is 66.5 Å². The van der Waals surface area contributed by atoms with Crippen LogP contribution in [0.5, 0.6) is 0 Å². The Labute approximate surface area is 228 Å². The van der Waals surface area contributed by atoms with Gasteiger partial charge in [-0.2, -0.15) is 0 Å². The Hall–Kier alpha value is -4.03. The van der Waals surface area contributed by atoms with Crippen LogP contribution >= 0.6 is 15.9 Å². The van der Waals surface area contributed by atoms with Gasteiger partial charge < -0.3 is 5.32 Å². The van der Waals surface area contributed by atoms with Crippen LogP contribution in [-0.4, -0.2) is 29.2 Å². The van der Waals surface area contributed by atoms with E-state index in [0.717, 1.165) is 38.3 Å². The summed E-state index contributed by atoms with van der Waals surface area (Å²) in [6, 6.07) is 33.6. The van der Waals surface area contributed by atoms with Gasteiger partial charge in [-0.15, -0.1) is 0 Å². The molecule has 8 rings (SSSR count). The minimum atomic E-state index is -0.815. The largest absolute Gasteiger partial charge is 0.325 e. The first-order valence-electron chi connectivity index (χ1n) is 12.7. The summed E-state index contributed by atoms with van der Waals surface area (Å²) in [6.07, 6.45) is 0. The van der Waals surface area contributed by atoms with Crippen LogP contribution in [0.2, 0.25) is 0 Å². The summed E-state index contributed by atoms with van der Waals surface area (Å²) in [7, 11) is 0. The highest BCUT2D eigenvalue weighted by atomic mass is 79.9. The number of alkyl halides is 1. The molecule has 1 saturated heterocycles. The van der Waals surface area contributed by atoms with Crippen LogP contribution in [0, 0.1) is 11.8 Å². The van der Waals surface area contributed by atoms with Gasteiger partial charge in [-0.3, -0.25) is 19.3 Å². The summed E-state index contributed by atoms with van der Waals surface area (Å²) in [5, 5.41) is 2.85. The monoisotopic (exact) mass is 562 g/mol. The van der Waals surface area contributed by atoms with Gasteiger partial charge >= 0.3 is 0 Å². The molecule has 1 fully saturated rings. The van der Waals surface area contributed by atoms with Gasteiger partial charge in [0.15, 0.2) is 0 Å². The number of hydrogen-bond donors (Lipinski definition) is 1. The maximum atomic E-state index is 13.8. The normalized spacial score (nSPS) is 24.6. The van der Waals surface area contributed by atoms with Crippen molar-refractivity contribution in [1.29, 1.82) is 0 Å². The number of carbonyl (C=O) groups is 3. The molecule has 0 saturated carbocycles. The molecule has 4 aromatic rings. The van der Waals surface area contributed by atoms with Gasteiger partial charge in [0.2, 0.25) is 17.7 Å². The highest BCUT2D eigenvalue weighted by molar-refractivity contribution is 9.09. The first kappa shape index (κ1) is 23.1. The fourth-order valence-electron chi connectivity index (χ4n) is 6.62. The maximum absolute atomic E-state index is 13.8. The third-order valence-electron chi connectivity index (χ3n) is 8.18. The first-order chi connectivity index (χ1) is 18.5. The molecule has 1 heterocycles. The van der Waals surface area contributed by atoms with Gasteiger partial charge in [-0.05, 0) is 45.5 Å². The number of likely N-dealkylation sites (tertiary alicyclic amines) is 1. The van der Waals surface area contributed by atoms with E-state index >= 15 is 0 Å². The van der Waals surface area contributed by atoms with E-state index < -0.39 is 22.1 Å². The smallest absolute Gasteiger partial charge is 0.244 e. The van der Waals surface area contributed by atoms with Crippen LogP contribution in [0.1, 0.15) is 28.2 Å². The minimum absolute atomic E-state index is 0.220. The van der Waals surface area contributed by atoms with Gasteiger partial charge in [-0.25, -0.2) is 0 Å². The fourth-order valence-corrected chi connectivity index (χ4v) is 7.82. The third-order valence-corrected chi connectivity index (χ3v) is 9.53. The lowest BCUT2D eigenvalue weighted by atomic mass is 9.55. The molecule has 0 unspecified atom stereocenters. The summed E-state index contributed by atoms with van der Waals surface area (Å²) < 4.78 is -0.815. The zero-order valence-corrected chi connectivity index (χ0v) is 21.9. The number of anilines is 1. The van der Waals surface area contributed by atoms with Crippen molar-refractivity contribution in [2.24, 2.45) is 11.8 Å². The first-order valence-corrected chi connectivity index (χ1v) is 13.5. The maximum Gasteiger partial charge on any atom is 0.244 e. The number of amides is 3. The predicted octanol–water partition coefficient (Wildman–Crippen LogP) is 5.69. The Balaban J connectivity index is 1.16. The summed E-state index contributed by atoms with van der Waals surface area (Å²) in [5.41, 5.74) is 6.91. The molecule has 6 heteroatoms. The molecule has 2 atom stereocenters. The Morgan fingerprint density at radius 3 is 1.92 bits per heavy atom. The van der Waals surface area contributed by atoms with Gasteiger partial charge in [-0.1, -0.05) is 107 Å². The van der Waals surface area contributed by atoms with E-state index in [1.807, 2.05) is 103 Å². The Kier molecular flexibility index (Phi) is 5.17. The average Bonchev–Trinajstić information content (AvgIpc) is 3.20. The second-order valence-corrected chi connectivity index (χ2v) is 11.4. The van der Waals surface area contributed by atoms with E-state index in [0.29, 0.717) is 5.69 Å². The predicted molar refractivity (Wildman–Crippen MR) is 149 cm³/mol. The second-order valence-electron chi connectivity index (χ2n) is 10.1. The van der Waals surface area contributed by atoms with E-state index in [1.54, 1.807) is 0 Å². The number of rotatable bonds is 4. The Morgan fingerprint density at radius 1 is 0.737 bits per heavy atom. The lowest BCUT2D eigenvalue weighted by Gasteiger charge is -2.51.